The molecule has 68 valence electrons. The Balaban J connectivity index is 2.69. The van der Waals surface area contributed by atoms with Crippen LogP contribution in [-0.2, 0) is 4.79 Å². The quantitative estimate of drug-likeness (QED) is 0.545. The predicted octanol–water partition coefficient (Wildman–Crippen LogP) is 1.82. The molecule has 0 bridgehead atoms. The second kappa shape index (κ2) is 3.74. The van der Waals surface area contributed by atoms with Crippen LogP contribution in [0.3, 0.4) is 0 Å². The zero-order valence-corrected chi connectivity index (χ0v) is 7.97. The van der Waals surface area contributed by atoms with Crippen molar-refractivity contribution in [1.82, 2.24) is 4.90 Å². The van der Waals surface area contributed by atoms with Crippen LogP contribution in [0.1, 0.15) is 26.7 Å². The molecular formula is C10H17NO. The lowest BCUT2D eigenvalue weighted by Gasteiger charge is -2.20. The molecule has 1 atom stereocenters. The Hall–Kier alpha value is -0.790. The lowest BCUT2D eigenvalue weighted by Crippen LogP contribution is -2.33. The van der Waals surface area contributed by atoms with Gasteiger partial charge in [0.1, 0.15) is 0 Å². The highest BCUT2D eigenvalue weighted by atomic mass is 16.2. The second-order valence-corrected chi connectivity index (χ2v) is 3.52. The average molecular weight is 167 g/mol. The van der Waals surface area contributed by atoms with Crippen molar-refractivity contribution in [1.29, 1.82) is 0 Å². The van der Waals surface area contributed by atoms with Crippen LogP contribution in [0.4, 0.5) is 0 Å². The van der Waals surface area contributed by atoms with Crippen LogP contribution in [-0.4, -0.2) is 23.9 Å². The minimum absolute atomic E-state index is 0.139. The maximum atomic E-state index is 11.6. The number of amides is 1. The third-order valence-electron chi connectivity index (χ3n) is 2.45. The fourth-order valence-corrected chi connectivity index (χ4v) is 1.65. The van der Waals surface area contributed by atoms with Gasteiger partial charge in [-0.1, -0.05) is 19.1 Å². The van der Waals surface area contributed by atoms with Gasteiger partial charge in [0.15, 0.2) is 0 Å². The van der Waals surface area contributed by atoms with Gasteiger partial charge < -0.3 is 4.90 Å². The number of rotatable bonds is 1. The van der Waals surface area contributed by atoms with E-state index in [1.165, 1.54) is 5.57 Å². The van der Waals surface area contributed by atoms with Gasteiger partial charge in [0.05, 0.1) is 0 Å². The van der Waals surface area contributed by atoms with Crippen molar-refractivity contribution in [2.45, 2.75) is 26.7 Å². The van der Waals surface area contributed by atoms with Crippen molar-refractivity contribution in [3.05, 3.63) is 12.2 Å². The number of carbonyl (C=O) groups is 1. The summed E-state index contributed by atoms with van der Waals surface area (Å²) in [7, 11) is 0. The molecule has 0 aromatic carbocycles. The number of nitrogens with zero attached hydrogens (tertiary/aromatic N) is 1. The van der Waals surface area contributed by atoms with Crippen LogP contribution in [0.25, 0.3) is 0 Å². The SMILES string of the molecule is C=C1CCN(CC)C(=O)C(C)C1. The van der Waals surface area contributed by atoms with E-state index in [2.05, 4.69) is 6.58 Å². The van der Waals surface area contributed by atoms with Gasteiger partial charge in [0.2, 0.25) is 5.91 Å². The number of hydrogen-bond donors (Lipinski definition) is 0. The normalized spacial score (nSPS) is 25.8. The van der Waals surface area contributed by atoms with Crippen LogP contribution < -0.4 is 0 Å². The molecular weight excluding hydrogens is 150 g/mol. The van der Waals surface area contributed by atoms with Gasteiger partial charge in [0.25, 0.3) is 0 Å². The first-order valence-electron chi connectivity index (χ1n) is 4.60. The maximum Gasteiger partial charge on any atom is 0.225 e. The summed E-state index contributed by atoms with van der Waals surface area (Å²) in [6.07, 6.45) is 1.85. The third kappa shape index (κ3) is 1.87. The molecule has 0 N–H and O–H groups in total. The minimum Gasteiger partial charge on any atom is -0.342 e. The second-order valence-electron chi connectivity index (χ2n) is 3.52. The van der Waals surface area contributed by atoms with E-state index in [9.17, 15) is 4.79 Å². The van der Waals surface area contributed by atoms with E-state index in [4.69, 9.17) is 0 Å². The van der Waals surface area contributed by atoms with E-state index in [0.29, 0.717) is 0 Å². The zero-order valence-electron chi connectivity index (χ0n) is 7.97. The lowest BCUT2D eigenvalue weighted by molar-refractivity contribution is -0.134. The standard InChI is InChI=1S/C10H17NO/c1-4-11-6-5-8(2)7-9(3)10(11)12/h9H,2,4-7H2,1,3H3. The number of likely N-dealkylation sites (tertiary alicyclic amines) is 1. The van der Waals surface area contributed by atoms with Gasteiger partial charge in [-0.05, 0) is 19.8 Å². The van der Waals surface area contributed by atoms with E-state index < -0.39 is 0 Å². The summed E-state index contributed by atoms with van der Waals surface area (Å²) >= 11 is 0. The largest absolute Gasteiger partial charge is 0.342 e. The first kappa shape index (κ1) is 9.30. The van der Waals surface area contributed by atoms with E-state index in [0.717, 1.165) is 25.9 Å². The summed E-state index contributed by atoms with van der Waals surface area (Å²) in [6.45, 7) is 9.65. The van der Waals surface area contributed by atoms with Crippen LogP contribution in [0.2, 0.25) is 0 Å². The van der Waals surface area contributed by atoms with E-state index in [-0.39, 0.29) is 11.8 Å². The summed E-state index contributed by atoms with van der Waals surface area (Å²) in [5.41, 5.74) is 1.21. The van der Waals surface area contributed by atoms with Crippen molar-refractivity contribution >= 4 is 5.91 Å². The Morgan fingerprint density at radius 2 is 2.33 bits per heavy atom. The van der Waals surface area contributed by atoms with Crippen molar-refractivity contribution in [3.8, 4) is 0 Å². The van der Waals surface area contributed by atoms with Gasteiger partial charge in [-0.3, -0.25) is 4.79 Å². The van der Waals surface area contributed by atoms with Crippen LogP contribution in [0, 0.1) is 5.92 Å². The van der Waals surface area contributed by atoms with Gasteiger partial charge in [0, 0.05) is 19.0 Å². The van der Waals surface area contributed by atoms with Crippen LogP contribution in [0.15, 0.2) is 12.2 Å². The van der Waals surface area contributed by atoms with Crippen molar-refractivity contribution in [2.24, 2.45) is 5.92 Å². The number of hydrogen-bond acceptors (Lipinski definition) is 1. The van der Waals surface area contributed by atoms with E-state index >= 15 is 0 Å². The van der Waals surface area contributed by atoms with E-state index in [1.54, 1.807) is 0 Å². The van der Waals surface area contributed by atoms with Crippen molar-refractivity contribution in [3.63, 3.8) is 0 Å². The Morgan fingerprint density at radius 3 is 2.92 bits per heavy atom. The minimum atomic E-state index is 0.139. The molecule has 0 aromatic rings. The van der Waals surface area contributed by atoms with Gasteiger partial charge in [-0.25, -0.2) is 0 Å². The molecule has 12 heavy (non-hydrogen) atoms. The number of carbonyl (C=O) groups excluding carboxylic acids is 1. The molecule has 0 aliphatic carbocycles. The molecule has 1 saturated heterocycles. The maximum absolute atomic E-state index is 11.6. The van der Waals surface area contributed by atoms with Gasteiger partial charge in [-0.2, -0.15) is 0 Å². The Morgan fingerprint density at radius 1 is 1.67 bits per heavy atom. The molecule has 1 rings (SSSR count). The first-order chi connectivity index (χ1) is 5.65. The molecule has 1 aliphatic heterocycles. The first-order valence-corrected chi connectivity index (χ1v) is 4.60. The summed E-state index contributed by atoms with van der Waals surface area (Å²) in [4.78, 5) is 13.5. The highest BCUT2D eigenvalue weighted by Crippen LogP contribution is 2.20. The Labute approximate surface area is 74.2 Å². The van der Waals surface area contributed by atoms with Gasteiger partial charge in [-0.15, -0.1) is 0 Å². The average Bonchev–Trinajstić information content (AvgIpc) is 2.14. The van der Waals surface area contributed by atoms with Crippen molar-refractivity contribution in [2.75, 3.05) is 13.1 Å². The lowest BCUT2D eigenvalue weighted by atomic mass is 10.0. The zero-order chi connectivity index (χ0) is 9.14. The molecule has 0 aromatic heterocycles. The van der Waals surface area contributed by atoms with Crippen LogP contribution >= 0.6 is 0 Å². The monoisotopic (exact) mass is 167 g/mol. The summed E-state index contributed by atoms with van der Waals surface area (Å²) in [6, 6.07) is 0. The molecule has 1 aliphatic rings. The Bertz CT molecular complexity index is 198. The van der Waals surface area contributed by atoms with Crippen molar-refractivity contribution < 1.29 is 4.79 Å². The fourth-order valence-electron chi connectivity index (χ4n) is 1.65. The predicted molar refractivity (Wildman–Crippen MR) is 49.8 cm³/mol. The topological polar surface area (TPSA) is 20.3 Å². The molecule has 0 radical (unpaired) electrons. The molecule has 2 heteroatoms. The molecule has 1 fully saturated rings. The highest BCUT2D eigenvalue weighted by Gasteiger charge is 2.23. The van der Waals surface area contributed by atoms with Crippen LogP contribution in [0.5, 0.6) is 0 Å². The highest BCUT2D eigenvalue weighted by molar-refractivity contribution is 5.79. The molecule has 1 amide bonds. The molecule has 0 spiro atoms. The third-order valence-corrected chi connectivity index (χ3v) is 2.45. The summed E-state index contributed by atoms with van der Waals surface area (Å²) in [5, 5.41) is 0. The summed E-state index contributed by atoms with van der Waals surface area (Å²) < 4.78 is 0. The van der Waals surface area contributed by atoms with E-state index in [1.807, 2.05) is 18.7 Å². The van der Waals surface area contributed by atoms with Gasteiger partial charge >= 0.3 is 0 Å². The molecule has 1 heterocycles. The Kier molecular flexibility index (Phi) is 2.90. The smallest absolute Gasteiger partial charge is 0.225 e. The molecule has 0 saturated carbocycles. The molecule has 1 unspecified atom stereocenters. The molecule has 2 nitrogen and oxygen atoms in total. The fraction of sp³-hybridized carbons (Fsp3) is 0.700. The summed E-state index contributed by atoms with van der Waals surface area (Å²) in [5.74, 6) is 0.427.